The second-order valence-corrected chi connectivity index (χ2v) is 9.76. The number of amides is 1. The molecule has 1 amide bonds. The molecule has 0 unspecified atom stereocenters. The van der Waals surface area contributed by atoms with Crippen molar-refractivity contribution in [3.05, 3.63) is 87.0 Å². The van der Waals surface area contributed by atoms with E-state index in [1.54, 1.807) is 0 Å². The van der Waals surface area contributed by atoms with Crippen molar-refractivity contribution in [2.24, 2.45) is 5.73 Å². The van der Waals surface area contributed by atoms with Gasteiger partial charge in [0, 0.05) is 56.5 Å². The van der Waals surface area contributed by atoms with Crippen LogP contribution >= 0.6 is 11.6 Å². The standard InChI is InChI=1S/C27H27ClFN7O2/c1-34-10-12-35(13-11-34)9-8-17-2-4-18(5-3-17)32-27-31-15-20-24(37)21(25(30)38)16-36(26(20)33-27)19-6-7-23(29)22(28)14-19/h2-7,14-16H,8-13H2,1H3,(H2,30,38)(H,31,32,33). The molecule has 1 saturated heterocycles. The summed E-state index contributed by atoms with van der Waals surface area (Å²) in [6.07, 6.45) is 3.58. The first-order valence-electron chi connectivity index (χ1n) is 12.2. The Morgan fingerprint density at radius 3 is 2.55 bits per heavy atom. The van der Waals surface area contributed by atoms with E-state index in [1.807, 2.05) is 12.1 Å². The lowest BCUT2D eigenvalue weighted by Crippen LogP contribution is -2.45. The van der Waals surface area contributed by atoms with Gasteiger partial charge in [0.15, 0.2) is 5.65 Å². The lowest BCUT2D eigenvalue weighted by Gasteiger charge is -2.32. The minimum atomic E-state index is -0.895. The number of carbonyl (C=O) groups excluding carboxylic acids is 1. The van der Waals surface area contributed by atoms with Gasteiger partial charge in [-0.1, -0.05) is 23.7 Å². The van der Waals surface area contributed by atoms with Gasteiger partial charge >= 0.3 is 0 Å². The Morgan fingerprint density at radius 2 is 1.87 bits per heavy atom. The van der Waals surface area contributed by atoms with E-state index in [2.05, 4.69) is 44.3 Å². The highest BCUT2D eigenvalue weighted by atomic mass is 35.5. The Labute approximate surface area is 223 Å². The summed E-state index contributed by atoms with van der Waals surface area (Å²) in [6, 6.07) is 12.1. The molecular formula is C27H27ClFN7O2. The van der Waals surface area contributed by atoms with Crippen molar-refractivity contribution in [3.63, 3.8) is 0 Å². The third kappa shape index (κ3) is 5.52. The first-order chi connectivity index (χ1) is 18.3. The Kier molecular flexibility index (Phi) is 7.37. The monoisotopic (exact) mass is 535 g/mol. The summed E-state index contributed by atoms with van der Waals surface area (Å²) in [5.74, 6) is -1.25. The van der Waals surface area contributed by atoms with Gasteiger partial charge in [0.05, 0.1) is 10.4 Å². The number of halogens is 2. The lowest BCUT2D eigenvalue weighted by molar-refractivity contribution is 0.0999. The number of fused-ring (bicyclic) bond motifs is 1. The van der Waals surface area contributed by atoms with E-state index in [1.165, 1.54) is 40.7 Å². The number of hydrogen-bond acceptors (Lipinski definition) is 7. The molecule has 0 bridgehead atoms. The molecule has 2 aromatic heterocycles. The van der Waals surface area contributed by atoms with Crippen LogP contribution in [0.5, 0.6) is 0 Å². The molecule has 2 aromatic carbocycles. The number of pyridine rings is 1. The molecule has 1 aliphatic heterocycles. The van der Waals surface area contributed by atoms with E-state index >= 15 is 0 Å². The smallest absolute Gasteiger partial charge is 0.254 e. The Balaban J connectivity index is 1.40. The van der Waals surface area contributed by atoms with Gasteiger partial charge in [-0.15, -0.1) is 0 Å². The zero-order chi connectivity index (χ0) is 26.8. The molecule has 38 heavy (non-hydrogen) atoms. The summed E-state index contributed by atoms with van der Waals surface area (Å²) >= 11 is 5.98. The number of benzene rings is 2. The van der Waals surface area contributed by atoms with Gasteiger partial charge in [-0.25, -0.2) is 9.37 Å². The van der Waals surface area contributed by atoms with E-state index < -0.39 is 17.2 Å². The van der Waals surface area contributed by atoms with Gasteiger partial charge < -0.3 is 25.4 Å². The fourth-order valence-electron chi connectivity index (χ4n) is 4.42. The number of nitrogens with two attached hydrogens (primary N) is 1. The fourth-order valence-corrected chi connectivity index (χ4v) is 4.60. The van der Waals surface area contributed by atoms with Crippen LogP contribution in [0.2, 0.25) is 5.02 Å². The predicted molar refractivity (Wildman–Crippen MR) is 146 cm³/mol. The number of primary amides is 1. The number of anilines is 2. The van der Waals surface area contributed by atoms with Crippen LogP contribution in [0.15, 0.2) is 59.7 Å². The summed E-state index contributed by atoms with van der Waals surface area (Å²) in [6.45, 7) is 5.39. The quantitative estimate of drug-likeness (QED) is 0.374. The number of likely N-dealkylation sites (N-methyl/N-ethyl adjacent to an activating group) is 1. The molecular weight excluding hydrogens is 509 g/mol. The highest BCUT2D eigenvalue weighted by Crippen LogP contribution is 2.23. The third-order valence-electron chi connectivity index (χ3n) is 6.71. The molecule has 0 radical (unpaired) electrons. The lowest BCUT2D eigenvalue weighted by atomic mass is 10.1. The minimum Gasteiger partial charge on any atom is -0.365 e. The minimum absolute atomic E-state index is 0.0894. The summed E-state index contributed by atoms with van der Waals surface area (Å²) in [5.41, 5.74) is 7.22. The van der Waals surface area contributed by atoms with E-state index in [9.17, 15) is 14.0 Å². The predicted octanol–water partition coefficient (Wildman–Crippen LogP) is 3.21. The Bertz CT molecular complexity index is 1550. The van der Waals surface area contributed by atoms with E-state index in [4.69, 9.17) is 17.3 Å². The molecule has 1 aliphatic rings. The van der Waals surface area contributed by atoms with Crippen LogP contribution < -0.4 is 16.5 Å². The van der Waals surface area contributed by atoms with Crippen LogP contribution in [0.3, 0.4) is 0 Å². The van der Waals surface area contributed by atoms with E-state index in [0.29, 0.717) is 5.69 Å². The van der Waals surface area contributed by atoms with Crippen LogP contribution in [0.4, 0.5) is 16.0 Å². The maximum Gasteiger partial charge on any atom is 0.254 e. The summed E-state index contributed by atoms with van der Waals surface area (Å²) in [5, 5.41) is 3.13. The molecule has 0 spiro atoms. The number of piperazine rings is 1. The maximum atomic E-state index is 13.8. The molecule has 0 atom stereocenters. The van der Waals surface area contributed by atoms with Crippen molar-refractivity contribution >= 4 is 40.2 Å². The SMILES string of the molecule is CN1CCN(CCc2ccc(Nc3ncc4c(=O)c(C(N)=O)cn(-c5ccc(F)c(Cl)c5)c4n3)cc2)CC1. The van der Waals surface area contributed by atoms with Crippen molar-refractivity contribution in [3.8, 4) is 5.69 Å². The normalized spacial score (nSPS) is 14.6. The topological polar surface area (TPSA) is 109 Å². The number of carbonyl (C=O) groups is 1. The highest BCUT2D eigenvalue weighted by Gasteiger charge is 2.17. The van der Waals surface area contributed by atoms with Gasteiger partial charge in [0.2, 0.25) is 11.4 Å². The molecule has 196 valence electrons. The Morgan fingerprint density at radius 1 is 1.13 bits per heavy atom. The molecule has 3 N–H and O–H groups in total. The second-order valence-electron chi connectivity index (χ2n) is 9.35. The average Bonchev–Trinajstić information content (AvgIpc) is 2.91. The average molecular weight is 536 g/mol. The van der Waals surface area contributed by atoms with Crippen molar-refractivity contribution < 1.29 is 9.18 Å². The summed E-state index contributed by atoms with van der Waals surface area (Å²) < 4.78 is 15.3. The molecule has 5 rings (SSSR count). The molecule has 0 aliphatic carbocycles. The van der Waals surface area contributed by atoms with Crippen molar-refractivity contribution in [2.75, 3.05) is 45.1 Å². The van der Waals surface area contributed by atoms with Crippen molar-refractivity contribution in [2.45, 2.75) is 6.42 Å². The molecule has 9 nitrogen and oxygen atoms in total. The number of nitrogens with zero attached hydrogens (tertiary/aromatic N) is 5. The zero-order valence-electron chi connectivity index (χ0n) is 20.8. The van der Waals surface area contributed by atoms with Gasteiger partial charge in [0.1, 0.15) is 11.4 Å². The highest BCUT2D eigenvalue weighted by molar-refractivity contribution is 6.30. The largest absolute Gasteiger partial charge is 0.365 e. The van der Waals surface area contributed by atoms with Crippen LogP contribution in [-0.4, -0.2) is 70.0 Å². The van der Waals surface area contributed by atoms with Crippen LogP contribution in [0.25, 0.3) is 16.7 Å². The van der Waals surface area contributed by atoms with Gasteiger partial charge in [0.25, 0.3) is 5.91 Å². The fraction of sp³-hybridized carbons (Fsp3) is 0.259. The second kappa shape index (κ2) is 10.9. The number of nitrogens with one attached hydrogen (secondary N) is 1. The zero-order valence-corrected chi connectivity index (χ0v) is 21.6. The van der Waals surface area contributed by atoms with Gasteiger partial charge in [-0.05, 0) is 49.4 Å². The summed E-state index contributed by atoms with van der Waals surface area (Å²) in [4.78, 5) is 38.4. The molecule has 1 fully saturated rings. The molecule has 3 heterocycles. The van der Waals surface area contributed by atoms with Crippen LogP contribution in [0, 0.1) is 5.82 Å². The molecule has 4 aromatic rings. The van der Waals surface area contributed by atoms with E-state index in [-0.39, 0.29) is 27.6 Å². The van der Waals surface area contributed by atoms with E-state index in [0.717, 1.165) is 44.8 Å². The van der Waals surface area contributed by atoms with Crippen LogP contribution in [0.1, 0.15) is 15.9 Å². The maximum absolute atomic E-state index is 13.8. The van der Waals surface area contributed by atoms with Crippen molar-refractivity contribution in [1.82, 2.24) is 24.3 Å². The first-order valence-corrected chi connectivity index (χ1v) is 12.6. The molecule has 0 saturated carbocycles. The number of aromatic nitrogens is 3. The van der Waals surface area contributed by atoms with Gasteiger partial charge in [-0.2, -0.15) is 4.98 Å². The number of hydrogen-bond donors (Lipinski definition) is 2. The van der Waals surface area contributed by atoms with Crippen molar-refractivity contribution in [1.29, 1.82) is 0 Å². The summed E-state index contributed by atoms with van der Waals surface area (Å²) in [7, 11) is 2.15. The molecule has 11 heteroatoms. The van der Waals surface area contributed by atoms with Gasteiger partial charge in [-0.3, -0.25) is 9.59 Å². The third-order valence-corrected chi connectivity index (χ3v) is 7.00. The van der Waals surface area contributed by atoms with Crippen LogP contribution in [-0.2, 0) is 6.42 Å². The first kappa shape index (κ1) is 25.8. The Hall–Kier alpha value is -3.86. The number of rotatable bonds is 7.